The van der Waals surface area contributed by atoms with Crippen LogP contribution >= 0.6 is 39.9 Å². The van der Waals surface area contributed by atoms with Gasteiger partial charge in [0.05, 0.1) is 17.1 Å². The summed E-state index contributed by atoms with van der Waals surface area (Å²) in [7, 11) is 0. The van der Waals surface area contributed by atoms with Crippen molar-refractivity contribution in [3.8, 4) is 6.07 Å². The molecule has 2 aromatic carbocycles. The number of nitriles is 1. The monoisotopic (exact) mass is 613 g/mol. The number of rotatable bonds is 5. The minimum absolute atomic E-state index is 0. The molecule has 0 saturated heterocycles. The van der Waals surface area contributed by atoms with Crippen molar-refractivity contribution in [2.24, 2.45) is 0 Å². The highest BCUT2D eigenvalue weighted by Crippen LogP contribution is 2.32. The van der Waals surface area contributed by atoms with Gasteiger partial charge in [-0.2, -0.15) is 5.26 Å². The average Bonchev–Trinajstić information content (AvgIpc) is 3.21. The topological polar surface area (TPSA) is 74.0 Å². The van der Waals surface area contributed by atoms with Crippen molar-refractivity contribution in [1.82, 2.24) is 19.8 Å². The van der Waals surface area contributed by atoms with Crippen LogP contribution in [0.2, 0.25) is 5.15 Å². The van der Waals surface area contributed by atoms with Gasteiger partial charge in [-0.3, -0.25) is 9.47 Å². The zero-order chi connectivity index (χ0) is 25.9. The maximum absolute atomic E-state index is 13.4. The Bertz CT molecular complexity index is 1580. The molecule has 1 aliphatic rings. The molecule has 4 aromatic rings. The van der Waals surface area contributed by atoms with Crippen LogP contribution in [0.4, 0.5) is 9.18 Å². The number of carbonyl (C=O) groups excluding carboxylic acids is 1. The van der Waals surface area contributed by atoms with Gasteiger partial charge >= 0.3 is 6.03 Å². The van der Waals surface area contributed by atoms with Crippen molar-refractivity contribution < 1.29 is 9.18 Å². The maximum atomic E-state index is 13.4. The Balaban J connectivity index is 0.00000336. The van der Waals surface area contributed by atoms with E-state index in [1.54, 1.807) is 29.0 Å². The van der Waals surface area contributed by atoms with Crippen LogP contribution < -0.4 is 5.32 Å². The molecule has 1 aliphatic heterocycles. The summed E-state index contributed by atoms with van der Waals surface area (Å²) in [5.74, 6) is -0.283. The first-order chi connectivity index (χ1) is 17.9. The molecule has 0 spiro atoms. The SMILES string of the molecule is Cl.N#Cc1ccc2c(c1)c1c(n2C(=O)NCc2ccnc(Cl)c2)CCN(C/C=C/c2ccc(F)cc2Br)C1. The van der Waals surface area contributed by atoms with Crippen LogP contribution in [-0.4, -0.2) is 33.6 Å². The number of hydrogen-bond acceptors (Lipinski definition) is 4. The van der Waals surface area contributed by atoms with Gasteiger partial charge in [0.15, 0.2) is 0 Å². The number of aromatic nitrogens is 2. The van der Waals surface area contributed by atoms with E-state index in [0.29, 0.717) is 41.2 Å². The number of carbonyl (C=O) groups is 1. The van der Waals surface area contributed by atoms with Gasteiger partial charge in [0, 0.05) is 54.3 Å². The second-order valence-corrected chi connectivity index (χ2v) is 10.0. The number of hydrogen-bond donors (Lipinski definition) is 1. The third-order valence-corrected chi connectivity index (χ3v) is 7.31. The summed E-state index contributed by atoms with van der Waals surface area (Å²) in [6.07, 6.45) is 6.32. The Morgan fingerprint density at radius 1 is 1.24 bits per heavy atom. The Labute approximate surface area is 239 Å². The maximum Gasteiger partial charge on any atom is 0.326 e. The summed E-state index contributed by atoms with van der Waals surface area (Å²) in [4.78, 5) is 19.6. The minimum atomic E-state index is -0.283. The molecular formula is C28H23BrCl2FN5O. The van der Waals surface area contributed by atoms with E-state index in [-0.39, 0.29) is 24.3 Å². The van der Waals surface area contributed by atoms with Gasteiger partial charge in [0.1, 0.15) is 11.0 Å². The molecule has 194 valence electrons. The van der Waals surface area contributed by atoms with Crippen LogP contribution in [0.25, 0.3) is 17.0 Å². The molecule has 0 aliphatic carbocycles. The fraction of sp³-hybridized carbons (Fsp3) is 0.179. The van der Waals surface area contributed by atoms with Crippen molar-refractivity contribution >= 4 is 62.9 Å². The van der Waals surface area contributed by atoms with Gasteiger partial charge in [-0.1, -0.05) is 45.7 Å². The zero-order valence-electron chi connectivity index (χ0n) is 20.1. The molecule has 10 heteroatoms. The number of nitrogens with one attached hydrogen (secondary N) is 1. The van der Waals surface area contributed by atoms with Gasteiger partial charge in [0.25, 0.3) is 0 Å². The van der Waals surface area contributed by atoms with Crippen molar-refractivity contribution in [3.05, 3.63) is 104 Å². The van der Waals surface area contributed by atoms with Gasteiger partial charge < -0.3 is 5.32 Å². The highest BCUT2D eigenvalue weighted by atomic mass is 79.9. The van der Waals surface area contributed by atoms with Crippen molar-refractivity contribution in [3.63, 3.8) is 0 Å². The molecule has 6 nitrogen and oxygen atoms in total. The number of benzene rings is 2. The van der Waals surface area contributed by atoms with Crippen molar-refractivity contribution in [2.45, 2.75) is 19.5 Å². The molecule has 3 heterocycles. The molecule has 1 amide bonds. The Morgan fingerprint density at radius 3 is 2.84 bits per heavy atom. The second-order valence-electron chi connectivity index (χ2n) is 8.80. The van der Waals surface area contributed by atoms with E-state index in [2.05, 4.69) is 43.3 Å². The van der Waals surface area contributed by atoms with E-state index in [9.17, 15) is 14.4 Å². The van der Waals surface area contributed by atoms with Crippen LogP contribution in [0, 0.1) is 17.1 Å². The Morgan fingerprint density at radius 2 is 2.08 bits per heavy atom. The molecule has 0 radical (unpaired) electrons. The summed E-state index contributed by atoms with van der Waals surface area (Å²) < 4.78 is 15.8. The van der Waals surface area contributed by atoms with Crippen LogP contribution in [0.15, 0.2) is 65.3 Å². The molecule has 0 unspecified atom stereocenters. The molecule has 0 atom stereocenters. The summed E-state index contributed by atoms with van der Waals surface area (Å²) >= 11 is 9.38. The van der Waals surface area contributed by atoms with Gasteiger partial charge in [0.2, 0.25) is 0 Å². The molecule has 2 aromatic heterocycles. The highest BCUT2D eigenvalue weighted by Gasteiger charge is 2.26. The number of nitrogens with zero attached hydrogens (tertiary/aromatic N) is 4. The first-order valence-corrected chi connectivity index (χ1v) is 12.9. The van der Waals surface area contributed by atoms with Crippen LogP contribution in [-0.2, 0) is 19.5 Å². The van der Waals surface area contributed by atoms with E-state index in [1.165, 1.54) is 12.1 Å². The second kappa shape index (κ2) is 12.1. The van der Waals surface area contributed by atoms with Crippen molar-refractivity contribution in [2.75, 3.05) is 13.1 Å². The minimum Gasteiger partial charge on any atom is -0.333 e. The largest absolute Gasteiger partial charge is 0.333 e. The van der Waals surface area contributed by atoms with E-state index >= 15 is 0 Å². The predicted molar refractivity (Wildman–Crippen MR) is 153 cm³/mol. The first-order valence-electron chi connectivity index (χ1n) is 11.7. The smallest absolute Gasteiger partial charge is 0.326 e. The summed E-state index contributed by atoms with van der Waals surface area (Å²) in [5, 5.41) is 13.7. The fourth-order valence-corrected chi connectivity index (χ4v) is 5.33. The van der Waals surface area contributed by atoms with Crippen LogP contribution in [0.5, 0.6) is 0 Å². The molecule has 38 heavy (non-hydrogen) atoms. The lowest BCUT2D eigenvalue weighted by Gasteiger charge is -2.27. The lowest BCUT2D eigenvalue weighted by Crippen LogP contribution is -2.34. The zero-order valence-corrected chi connectivity index (χ0v) is 23.3. The standard InChI is InChI=1S/C28H22BrClFN5O.ClH/c29-24-14-21(31)5-4-20(24)2-1-10-35-11-8-26-23(17-35)22-12-18(15-32)3-6-25(22)36(26)28(37)34-16-19-7-9-33-27(30)13-19;/h1-7,9,12-14H,8,10-11,16-17H2,(H,34,37);1H/b2-1+;. The van der Waals surface area contributed by atoms with Gasteiger partial charge in [-0.05, 0) is 59.2 Å². The van der Waals surface area contributed by atoms with Crippen molar-refractivity contribution in [1.29, 1.82) is 5.26 Å². The molecular weight excluding hydrogens is 592 g/mol. The van der Waals surface area contributed by atoms with E-state index in [1.807, 2.05) is 24.3 Å². The molecule has 0 fully saturated rings. The number of fused-ring (bicyclic) bond motifs is 3. The number of halogens is 4. The van der Waals surface area contributed by atoms with E-state index < -0.39 is 0 Å². The molecule has 0 saturated carbocycles. The fourth-order valence-electron chi connectivity index (χ4n) is 4.65. The number of amides is 1. The normalized spacial score (nSPS) is 13.2. The van der Waals surface area contributed by atoms with Crippen LogP contribution in [0.1, 0.15) is 27.9 Å². The summed E-state index contributed by atoms with van der Waals surface area (Å²) in [6.45, 7) is 2.44. The summed E-state index contributed by atoms with van der Waals surface area (Å²) in [6, 6.07) is 15.6. The lowest BCUT2D eigenvalue weighted by atomic mass is 10.0. The van der Waals surface area contributed by atoms with Crippen LogP contribution in [0.3, 0.4) is 0 Å². The first kappa shape index (κ1) is 27.8. The predicted octanol–water partition coefficient (Wildman–Crippen LogP) is 6.71. The molecule has 1 N–H and O–H groups in total. The lowest BCUT2D eigenvalue weighted by molar-refractivity contribution is 0.240. The Hall–Kier alpha value is -3.22. The van der Waals surface area contributed by atoms with E-state index in [0.717, 1.165) is 39.8 Å². The third-order valence-electron chi connectivity index (χ3n) is 6.42. The highest BCUT2D eigenvalue weighted by molar-refractivity contribution is 9.10. The summed E-state index contributed by atoms with van der Waals surface area (Å²) in [5.41, 5.74) is 5.10. The average molecular weight is 615 g/mol. The Kier molecular flexibility index (Phi) is 8.85. The molecule has 0 bridgehead atoms. The van der Waals surface area contributed by atoms with Gasteiger partial charge in [-0.25, -0.2) is 14.2 Å². The quantitative estimate of drug-likeness (QED) is 0.253. The third kappa shape index (κ3) is 5.92. The van der Waals surface area contributed by atoms with E-state index in [4.69, 9.17) is 11.6 Å². The molecule has 5 rings (SSSR count). The van der Waals surface area contributed by atoms with Gasteiger partial charge in [-0.15, -0.1) is 12.4 Å². The number of pyridine rings is 1.